The molecule has 0 bridgehead atoms. The zero-order valence-electron chi connectivity index (χ0n) is 11.1. The number of carbonyl (C=O) groups is 2. The summed E-state index contributed by atoms with van der Waals surface area (Å²) in [5, 5.41) is 5.29. The monoisotopic (exact) mass is 328 g/mol. The van der Waals surface area contributed by atoms with Crippen LogP contribution in [0, 0.1) is 0 Å². The van der Waals surface area contributed by atoms with Crippen LogP contribution in [0.2, 0.25) is 0 Å². The third-order valence-electron chi connectivity index (χ3n) is 2.57. The van der Waals surface area contributed by atoms with Gasteiger partial charge in [-0.3, -0.25) is 9.59 Å². The molecular formula is C13H17BrN2O3. The van der Waals surface area contributed by atoms with E-state index in [1.807, 2.05) is 0 Å². The van der Waals surface area contributed by atoms with Crippen LogP contribution in [0.4, 0.5) is 0 Å². The number of benzene rings is 1. The molecule has 0 radical (unpaired) electrons. The van der Waals surface area contributed by atoms with Gasteiger partial charge in [0.05, 0.1) is 12.7 Å². The molecule has 104 valence electrons. The number of ether oxygens (including phenoxy) is 1. The summed E-state index contributed by atoms with van der Waals surface area (Å²) in [6, 6.07) is 4.91. The van der Waals surface area contributed by atoms with E-state index >= 15 is 0 Å². The highest BCUT2D eigenvalue weighted by Crippen LogP contribution is 2.22. The smallest absolute Gasteiger partial charge is 0.252 e. The van der Waals surface area contributed by atoms with Crippen molar-refractivity contribution in [3.63, 3.8) is 0 Å². The Morgan fingerprint density at radius 3 is 2.68 bits per heavy atom. The molecular weight excluding hydrogens is 312 g/mol. The summed E-state index contributed by atoms with van der Waals surface area (Å²) in [5.74, 6) is 0.243. The van der Waals surface area contributed by atoms with E-state index < -0.39 is 0 Å². The van der Waals surface area contributed by atoms with Crippen molar-refractivity contribution in [3.05, 3.63) is 28.2 Å². The van der Waals surface area contributed by atoms with Crippen molar-refractivity contribution in [2.75, 3.05) is 14.2 Å². The van der Waals surface area contributed by atoms with Crippen molar-refractivity contribution in [2.45, 2.75) is 19.4 Å². The molecule has 0 aliphatic carbocycles. The topological polar surface area (TPSA) is 67.4 Å². The molecule has 1 aromatic rings. The van der Waals surface area contributed by atoms with Gasteiger partial charge in [0, 0.05) is 24.0 Å². The van der Waals surface area contributed by atoms with Crippen LogP contribution in [-0.4, -0.2) is 32.0 Å². The van der Waals surface area contributed by atoms with E-state index in [-0.39, 0.29) is 24.3 Å². The highest BCUT2D eigenvalue weighted by Gasteiger charge is 2.15. The predicted octanol–water partition coefficient (Wildman–Crippen LogP) is 1.71. The molecule has 19 heavy (non-hydrogen) atoms. The highest BCUT2D eigenvalue weighted by molar-refractivity contribution is 9.10. The minimum atomic E-state index is -0.248. The van der Waals surface area contributed by atoms with E-state index in [0.717, 1.165) is 0 Å². The summed E-state index contributed by atoms with van der Waals surface area (Å²) >= 11 is 3.32. The first-order chi connectivity index (χ1) is 8.97. The Bertz CT molecular complexity index is 477. The van der Waals surface area contributed by atoms with Crippen molar-refractivity contribution in [1.29, 1.82) is 0 Å². The van der Waals surface area contributed by atoms with E-state index in [1.54, 1.807) is 39.3 Å². The van der Waals surface area contributed by atoms with Crippen LogP contribution in [0.3, 0.4) is 0 Å². The molecule has 1 atom stereocenters. The average molecular weight is 329 g/mol. The number of hydrogen-bond donors (Lipinski definition) is 2. The van der Waals surface area contributed by atoms with Gasteiger partial charge in [-0.05, 0) is 41.1 Å². The largest absolute Gasteiger partial charge is 0.497 e. The second-order valence-electron chi connectivity index (χ2n) is 4.10. The fourth-order valence-electron chi connectivity index (χ4n) is 1.54. The second kappa shape index (κ2) is 7.13. The third kappa shape index (κ3) is 4.55. The molecule has 1 rings (SSSR count). The lowest BCUT2D eigenvalue weighted by atomic mass is 10.1. The average Bonchev–Trinajstić information content (AvgIpc) is 2.38. The van der Waals surface area contributed by atoms with Gasteiger partial charge in [-0.1, -0.05) is 0 Å². The second-order valence-corrected chi connectivity index (χ2v) is 4.95. The van der Waals surface area contributed by atoms with Crippen LogP contribution >= 0.6 is 15.9 Å². The van der Waals surface area contributed by atoms with E-state index in [1.165, 1.54) is 0 Å². The standard InChI is InChI=1S/C13H17BrN2O3/c1-8(6-12(17)15-2)16-13(18)10-7-9(19-3)4-5-11(10)14/h4-5,7-8H,6H2,1-3H3,(H,15,17)(H,16,18)/t8-/m0/s1. The molecule has 2 amide bonds. The third-order valence-corrected chi connectivity index (χ3v) is 3.26. The zero-order valence-corrected chi connectivity index (χ0v) is 12.7. The Labute approximate surface area is 120 Å². The Morgan fingerprint density at radius 2 is 2.11 bits per heavy atom. The lowest BCUT2D eigenvalue weighted by Crippen LogP contribution is -2.36. The van der Waals surface area contributed by atoms with Gasteiger partial charge in [0.25, 0.3) is 5.91 Å². The van der Waals surface area contributed by atoms with Crippen molar-refractivity contribution in [3.8, 4) is 5.75 Å². The summed E-state index contributed by atoms with van der Waals surface area (Å²) in [6.45, 7) is 1.78. The molecule has 0 fully saturated rings. The Hall–Kier alpha value is -1.56. The highest BCUT2D eigenvalue weighted by atomic mass is 79.9. The van der Waals surface area contributed by atoms with Gasteiger partial charge in [0.2, 0.25) is 5.91 Å². The quantitative estimate of drug-likeness (QED) is 0.864. The predicted molar refractivity (Wildman–Crippen MR) is 76.3 cm³/mol. The molecule has 0 aromatic heterocycles. The van der Waals surface area contributed by atoms with Crippen molar-refractivity contribution >= 4 is 27.7 Å². The number of hydrogen-bond acceptors (Lipinski definition) is 3. The number of nitrogens with one attached hydrogen (secondary N) is 2. The number of amides is 2. The van der Waals surface area contributed by atoms with Crippen LogP contribution in [0.1, 0.15) is 23.7 Å². The van der Waals surface area contributed by atoms with Crippen LogP contribution in [0.25, 0.3) is 0 Å². The molecule has 0 saturated carbocycles. The van der Waals surface area contributed by atoms with Crippen molar-refractivity contribution in [2.24, 2.45) is 0 Å². The minimum Gasteiger partial charge on any atom is -0.497 e. The fraction of sp³-hybridized carbons (Fsp3) is 0.385. The maximum atomic E-state index is 12.1. The zero-order chi connectivity index (χ0) is 14.4. The lowest BCUT2D eigenvalue weighted by Gasteiger charge is -2.14. The van der Waals surface area contributed by atoms with Gasteiger partial charge in [-0.2, -0.15) is 0 Å². The molecule has 5 nitrogen and oxygen atoms in total. The first-order valence-electron chi connectivity index (χ1n) is 5.83. The Kier molecular flexibility index (Phi) is 5.82. The summed E-state index contributed by atoms with van der Waals surface area (Å²) < 4.78 is 5.76. The van der Waals surface area contributed by atoms with E-state index in [2.05, 4.69) is 26.6 Å². The van der Waals surface area contributed by atoms with E-state index in [9.17, 15) is 9.59 Å². The molecule has 6 heteroatoms. The molecule has 0 unspecified atom stereocenters. The van der Waals surface area contributed by atoms with Crippen molar-refractivity contribution < 1.29 is 14.3 Å². The van der Waals surface area contributed by atoms with Crippen LogP contribution < -0.4 is 15.4 Å². The number of carbonyl (C=O) groups excluding carboxylic acids is 2. The van der Waals surface area contributed by atoms with Crippen LogP contribution in [-0.2, 0) is 4.79 Å². The number of rotatable bonds is 5. The van der Waals surface area contributed by atoms with Crippen LogP contribution in [0.5, 0.6) is 5.75 Å². The SMILES string of the molecule is CNC(=O)C[C@H](C)NC(=O)c1cc(OC)ccc1Br. The number of halogens is 1. The molecule has 1 aromatic carbocycles. The lowest BCUT2D eigenvalue weighted by molar-refractivity contribution is -0.120. The number of methoxy groups -OCH3 is 1. The van der Waals surface area contributed by atoms with Gasteiger partial charge in [-0.25, -0.2) is 0 Å². The first kappa shape index (κ1) is 15.5. The van der Waals surface area contributed by atoms with E-state index in [0.29, 0.717) is 15.8 Å². The van der Waals surface area contributed by atoms with Gasteiger partial charge in [0.15, 0.2) is 0 Å². The van der Waals surface area contributed by atoms with E-state index in [4.69, 9.17) is 4.74 Å². The van der Waals surface area contributed by atoms with Gasteiger partial charge >= 0.3 is 0 Å². The Morgan fingerprint density at radius 1 is 1.42 bits per heavy atom. The summed E-state index contributed by atoms with van der Waals surface area (Å²) in [7, 11) is 3.11. The van der Waals surface area contributed by atoms with Crippen LogP contribution in [0.15, 0.2) is 22.7 Å². The summed E-state index contributed by atoms with van der Waals surface area (Å²) in [5.41, 5.74) is 0.475. The molecule has 0 spiro atoms. The molecule has 0 aliphatic heterocycles. The Balaban J connectivity index is 2.75. The minimum absolute atomic E-state index is 0.113. The summed E-state index contributed by atoms with van der Waals surface area (Å²) in [6.07, 6.45) is 0.240. The molecule has 2 N–H and O–H groups in total. The molecule has 0 aliphatic rings. The first-order valence-corrected chi connectivity index (χ1v) is 6.62. The van der Waals surface area contributed by atoms with Crippen molar-refractivity contribution in [1.82, 2.24) is 10.6 Å². The maximum Gasteiger partial charge on any atom is 0.252 e. The van der Waals surface area contributed by atoms with Gasteiger partial charge in [-0.15, -0.1) is 0 Å². The molecule has 0 saturated heterocycles. The summed E-state index contributed by atoms with van der Waals surface area (Å²) in [4.78, 5) is 23.3. The maximum absolute atomic E-state index is 12.1. The molecule has 0 heterocycles. The van der Waals surface area contributed by atoms with Gasteiger partial charge in [0.1, 0.15) is 5.75 Å². The normalized spacial score (nSPS) is 11.6. The fourth-order valence-corrected chi connectivity index (χ4v) is 1.96. The van der Waals surface area contributed by atoms with Gasteiger partial charge < -0.3 is 15.4 Å².